The first-order valence-corrected chi connectivity index (χ1v) is 6.31. The van der Waals surface area contributed by atoms with Crippen molar-refractivity contribution >= 4 is 0 Å². The zero-order valence-corrected chi connectivity index (χ0v) is 10.3. The van der Waals surface area contributed by atoms with Crippen LogP contribution in [0.5, 0.6) is 0 Å². The highest BCUT2D eigenvalue weighted by Gasteiger charge is 2.41. The van der Waals surface area contributed by atoms with Gasteiger partial charge < -0.3 is 5.73 Å². The van der Waals surface area contributed by atoms with E-state index < -0.39 is 0 Å². The van der Waals surface area contributed by atoms with Crippen molar-refractivity contribution in [2.24, 2.45) is 23.5 Å². The van der Waals surface area contributed by atoms with E-state index >= 15 is 0 Å². The van der Waals surface area contributed by atoms with Crippen LogP contribution in [0.25, 0.3) is 0 Å². The van der Waals surface area contributed by atoms with Gasteiger partial charge in [0, 0.05) is 5.54 Å². The normalized spacial score (nSPS) is 40.9. The molecule has 1 nitrogen and oxygen atoms in total. The lowest BCUT2D eigenvalue weighted by Crippen LogP contribution is -2.55. The number of rotatable bonds is 3. The molecule has 4 unspecified atom stereocenters. The van der Waals surface area contributed by atoms with Crippen LogP contribution in [0.15, 0.2) is 0 Å². The van der Waals surface area contributed by atoms with Crippen LogP contribution in [0.1, 0.15) is 59.8 Å². The van der Waals surface area contributed by atoms with Crippen molar-refractivity contribution in [2.75, 3.05) is 0 Å². The summed E-state index contributed by atoms with van der Waals surface area (Å²) < 4.78 is 0. The van der Waals surface area contributed by atoms with Crippen LogP contribution in [0.3, 0.4) is 0 Å². The highest BCUT2D eigenvalue weighted by atomic mass is 14.8. The van der Waals surface area contributed by atoms with E-state index in [1.54, 1.807) is 0 Å². The van der Waals surface area contributed by atoms with Crippen molar-refractivity contribution in [1.29, 1.82) is 0 Å². The van der Waals surface area contributed by atoms with Crippen molar-refractivity contribution in [3.63, 3.8) is 0 Å². The van der Waals surface area contributed by atoms with Crippen molar-refractivity contribution in [3.05, 3.63) is 0 Å². The van der Waals surface area contributed by atoms with E-state index in [1.807, 2.05) is 0 Å². The molecular formula is C13H27N. The van der Waals surface area contributed by atoms with E-state index in [2.05, 4.69) is 27.7 Å². The molecule has 1 rings (SSSR count). The third-order valence-electron chi connectivity index (χ3n) is 4.61. The monoisotopic (exact) mass is 197 g/mol. The summed E-state index contributed by atoms with van der Waals surface area (Å²) in [7, 11) is 0. The Morgan fingerprint density at radius 3 is 2.64 bits per heavy atom. The average Bonchev–Trinajstić information content (AvgIpc) is 2.14. The molecule has 1 heteroatoms. The molecular weight excluding hydrogens is 170 g/mol. The Morgan fingerprint density at radius 2 is 2.07 bits per heavy atom. The SMILES string of the molecule is CCCC(C)C1(N)CCCC(C)C1C. The Balaban J connectivity index is 2.69. The molecule has 0 aromatic carbocycles. The summed E-state index contributed by atoms with van der Waals surface area (Å²) in [5.41, 5.74) is 6.74. The summed E-state index contributed by atoms with van der Waals surface area (Å²) in [6, 6.07) is 0. The van der Waals surface area contributed by atoms with Gasteiger partial charge in [-0.05, 0) is 30.6 Å². The molecule has 1 aliphatic carbocycles. The van der Waals surface area contributed by atoms with Gasteiger partial charge in [-0.25, -0.2) is 0 Å². The topological polar surface area (TPSA) is 26.0 Å². The van der Waals surface area contributed by atoms with Crippen molar-refractivity contribution < 1.29 is 0 Å². The zero-order chi connectivity index (χ0) is 10.8. The third kappa shape index (κ3) is 2.13. The molecule has 0 saturated heterocycles. The number of nitrogens with two attached hydrogens (primary N) is 1. The van der Waals surface area contributed by atoms with Crippen molar-refractivity contribution in [2.45, 2.75) is 65.3 Å². The summed E-state index contributed by atoms with van der Waals surface area (Å²) >= 11 is 0. The summed E-state index contributed by atoms with van der Waals surface area (Å²) in [4.78, 5) is 0. The van der Waals surface area contributed by atoms with Crippen LogP contribution in [-0.2, 0) is 0 Å². The fourth-order valence-corrected chi connectivity index (χ4v) is 3.13. The van der Waals surface area contributed by atoms with Gasteiger partial charge in [-0.15, -0.1) is 0 Å². The maximum absolute atomic E-state index is 6.62. The fourth-order valence-electron chi connectivity index (χ4n) is 3.13. The van der Waals surface area contributed by atoms with E-state index in [9.17, 15) is 0 Å². The summed E-state index contributed by atoms with van der Waals surface area (Å²) in [5.74, 6) is 2.19. The Labute approximate surface area is 89.5 Å². The standard InChI is InChI=1S/C13H27N/c1-5-7-11(3)13(14)9-6-8-10(2)12(13)4/h10-12H,5-9,14H2,1-4H3. The van der Waals surface area contributed by atoms with Gasteiger partial charge in [0.25, 0.3) is 0 Å². The molecule has 1 fully saturated rings. The molecule has 0 aromatic rings. The lowest BCUT2D eigenvalue weighted by atomic mass is 9.63. The molecule has 0 bridgehead atoms. The predicted octanol–water partition coefficient (Wildman–Crippen LogP) is 3.58. The van der Waals surface area contributed by atoms with Crippen LogP contribution < -0.4 is 5.73 Å². The van der Waals surface area contributed by atoms with E-state index in [4.69, 9.17) is 5.73 Å². The molecule has 0 radical (unpaired) electrons. The van der Waals surface area contributed by atoms with Crippen LogP contribution in [-0.4, -0.2) is 5.54 Å². The number of hydrogen-bond acceptors (Lipinski definition) is 1. The smallest absolute Gasteiger partial charge is 0.0208 e. The summed E-state index contributed by atoms with van der Waals surface area (Å²) in [5, 5.41) is 0. The van der Waals surface area contributed by atoms with Gasteiger partial charge in [-0.2, -0.15) is 0 Å². The second-order valence-corrected chi connectivity index (χ2v) is 5.46. The molecule has 2 N–H and O–H groups in total. The van der Waals surface area contributed by atoms with Gasteiger partial charge >= 0.3 is 0 Å². The fraction of sp³-hybridized carbons (Fsp3) is 1.00. The second-order valence-electron chi connectivity index (χ2n) is 5.46. The Morgan fingerprint density at radius 1 is 1.43 bits per heavy atom. The molecule has 0 heterocycles. The lowest BCUT2D eigenvalue weighted by molar-refractivity contribution is 0.0879. The quantitative estimate of drug-likeness (QED) is 0.735. The van der Waals surface area contributed by atoms with E-state index in [-0.39, 0.29) is 5.54 Å². The summed E-state index contributed by atoms with van der Waals surface area (Å²) in [6.07, 6.45) is 6.49. The van der Waals surface area contributed by atoms with Gasteiger partial charge in [0.1, 0.15) is 0 Å². The Bertz CT molecular complexity index is 178. The first-order valence-electron chi connectivity index (χ1n) is 6.31. The minimum atomic E-state index is 0.119. The molecule has 4 atom stereocenters. The summed E-state index contributed by atoms with van der Waals surface area (Å²) in [6.45, 7) is 9.33. The minimum absolute atomic E-state index is 0.119. The molecule has 0 aromatic heterocycles. The lowest BCUT2D eigenvalue weighted by Gasteiger charge is -2.47. The first kappa shape index (κ1) is 12.0. The second kappa shape index (κ2) is 4.65. The van der Waals surface area contributed by atoms with Gasteiger partial charge in [-0.1, -0.05) is 47.0 Å². The molecule has 1 saturated carbocycles. The highest BCUT2D eigenvalue weighted by Crippen LogP contribution is 2.41. The first-order chi connectivity index (χ1) is 6.52. The molecule has 14 heavy (non-hydrogen) atoms. The molecule has 0 aliphatic heterocycles. The van der Waals surface area contributed by atoms with Gasteiger partial charge in [0.05, 0.1) is 0 Å². The number of hydrogen-bond donors (Lipinski definition) is 1. The van der Waals surface area contributed by atoms with Gasteiger partial charge in [-0.3, -0.25) is 0 Å². The van der Waals surface area contributed by atoms with Crippen molar-refractivity contribution in [3.8, 4) is 0 Å². The van der Waals surface area contributed by atoms with Gasteiger partial charge in [0.2, 0.25) is 0 Å². The van der Waals surface area contributed by atoms with Crippen LogP contribution in [0.4, 0.5) is 0 Å². The van der Waals surface area contributed by atoms with Gasteiger partial charge in [0.15, 0.2) is 0 Å². The van der Waals surface area contributed by atoms with Crippen LogP contribution >= 0.6 is 0 Å². The van der Waals surface area contributed by atoms with Crippen LogP contribution in [0, 0.1) is 17.8 Å². The molecule has 1 aliphatic rings. The highest BCUT2D eigenvalue weighted by molar-refractivity contribution is 4.98. The predicted molar refractivity (Wildman–Crippen MR) is 63.2 cm³/mol. The van der Waals surface area contributed by atoms with Crippen LogP contribution in [0.2, 0.25) is 0 Å². The molecule has 0 spiro atoms. The van der Waals surface area contributed by atoms with E-state index in [0.717, 1.165) is 5.92 Å². The largest absolute Gasteiger partial charge is 0.325 e. The van der Waals surface area contributed by atoms with E-state index in [0.29, 0.717) is 11.8 Å². The molecule has 84 valence electrons. The Hall–Kier alpha value is -0.0400. The maximum Gasteiger partial charge on any atom is 0.0208 e. The molecule has 0 amide bonds. The average molecular weight is 197 g/mol. The zero-order valence-electron chi connectivity index (χ0n) is 10.3. The van der Waals surface area contributed by atoms with E-state index in [1.165, 1.54) is 32.1 Å². The third-order valence-corrected chi connectivity index (χ3v) is 4.61. The Kier molecular flexibility index (Phi) is 4.00. The maximum atomic E-state index is 6.62. The van der Waals surface area contributed by atoms with Crippen molar-refractivity contribution in [1.82, 2.24) is 0 Å². The minimum Gasteiger partial charge on any atom is -0.325 e.